The molecule has 6 nitrogen and oxygen atoms in total. The lowest BCUT2D eigenvalue weighted by molar-refractivity contribution is -0.131. The molecule has 2 heterocycles. The molecule has 1 aromatic carbocycles. The Morgan fingerprint density at radius 2 is 2.04 bits per heavy atom. The zero-order valence-corrected chi connectivity index (χ0v) is 14.8. The third kappa shape index (κ3) is 3.56. The van der Waals surface area contributed by atoms with Gasteiger partial charge in [-0.25, -0.2) is 0 Å². The van der Waals surface area contributed by atoms with E-state index in [9.17, 15) is 9.90 Å². The monoisotopic (exact) mass is 346 g/mol. The Bertz CT molecular complexity index is 714. The van der Waals surface area contributed by atoms with Gasteiger partial charge in [-0.05, 0) is 50.5 Å². The number of likely N-dealkylation sites (tertiary alicyclic amines) is 1. The third-order valence-electron chi connectivity index (χ3n) is 4.41. The first-order valence-corrected chi connectivity index (χ1v) is 9.16. The van der Waals surface area contributed by atoms with E-state index in [1.807, 2.05) is 16.5 Å². The molecule has 7 heteroatoms. The molecule has 0 spiro atoms. The van der Waals surface area contributed by atoms with Crippen LogP contribution in [0.5, 0.6) is 5.75 Å². The van der Waals surface area contributed by atoms with Crippen LogP contribution in [0.3, 0.4) is 0 Å². The van der Waals surface area contributed by atoms with Crippen molar-refractivity contribution >= 4 is 17.7 Å². The second kappa shape index (κ2) is 7.25. The van der Waals surface area contributed by atoms with Gasteiger partial charge in [0.2, 0.25) is 5.91 Å². The first kappa shape index (κ1) is 16.8. The minimum Gasteiger partial charge on any atom is -0.508 e. The van der Waals surface area contributed by atoms with Gasteiger partial charge in [0.1, 0.15) is 5.75 Å². The molecule has 24 heavy (non-hydrogen) atoms. The zero-order valence-electron chi connectivity index (χ0n) is 14.0. The van der Waals surface area contributed by atoms with Crippen molar-refractivity contribution in [3.63, 3.8) is 0 Å². The van der Waals surface area contributed by atoms with Gasteiger partial charge in [-0.3, -0.25) is 4.79 Å². The van der Waals surface area contributed by atoms with E-state index in [0.29, 0.717) is 11.8 Å². The Labute approximate surface area is 145 Å². The molecule has 0 bridgehead atoms. The van der Waals surface area contributed by atoms with Crippen LogP contribution in [-0.2, 0) is 11.8 Å². The van der Waals surface area contributed by atoms with Gasteiger partial charge in [-0.1, -0.05) is 11.8 Å². The van der Waals surface area contributed by atoms with Crippen LogP contribution in [0.4, 0.5) is 0 Å². The largest absolute Gasteiger partial charge is 0.508 e. The van der Waals surface area contributed by atoms with Crippen LogP contribution in [0.25, 0.3) is 11.4 Å². The van der Waals surface area contributed by atoms with Crippen LogP contribution < -0.4 is 0 Å². The van der Waals surface area contributed by atoms with Crippen LogP contribution in [0.1, 0.15) is 26.2 Å². The lowest BCUT2D eigenvalue weighted by Crippen LogP contribution is -2.42. The highest BCUT2D eigenvalue weighted by atomic mass is 32.2. The summed E-state index contributed by atoms with van der Waals surface area (Å²) < 4.78 is 1.88. The van der Waals surface area contributed by atoms with Crippen LogP contribution >= 0.6 is 11.8 Å². The maximum atomic E-state index is 12.4. The van der Waals surface area contributed by atoms with Crippen molar-refractivity contribution < 1.29 is 9.90 Å². The van der Waals surface area contributed by atoms with Gasteiger partial charge in [0.05, 0.1) is 5.75 Å². The van der Waals surface area contributed by atoms with E-state index in [1.165, 1.54) is 18.2 Å². The number of amides is 1. The van der Waals surface area contributed by atoms with Crippen molar-refractivity contribution in [2.75, 3.05) is 12.3 Å². The summed E-state index contributed by atoms with van der Waals surface area (Å²) in [6, 6.07) is 7.18. The molecule has 1 amide bonds. The molecule has 0 aliphatic carbocycles. The number of benzene rings is 1. The number of phenols is 1. The van der Waals surface area contributed by atoms with Gasteiger partial charge in [0.15, 0.2) is 11.0 Å². The number of aromatic hydroxyl groups is 1. The fourth-order valence-corrected chi connectivity index (χ4v) is 3.78. The predicted octanol–water partition coefficient (Wildman–Crippen LogP) is 2.68. The molecule has 1 fully saturated rings. The zero-order chi connectivity index (χ0) is 17.1. The highest BCUT2D eigenvalue weighted by Gasteiger charge is 2.23. The summed E-state index contributed by atoms with van der Waals surface area (Å²) in [5.41, 5.74) is 0.880. The molecule has 1 aliphatic rings. The first-order valence-electron chi connectivity index (χ1n) is 8.17. The van der Waals surface area contributed by atoms with E-state index in [0.717, 1.165) is 35.9 Å². The van der Waals surface area contributed by atoms with Crippen molar-refractivity contribution in [1.82, 2.24) is 19.7 Å². The predicted molar refractivity (Wildman–Crippen MR) is 93.9 cm³/mol. The summed E-state index contributed by atoms with van der Waals surface area (Å²) in [7, 11) is 1.89. The summed E-state index contributed by atoms with van der Waals surface area (Å²) >= 11 is 1.42. The molecule has 1 unspecified atom stereocenters. The van der Waals surface area contributed by atoms with Crippen LogP contribution in [0.2, 0.25) is 0 Å². The maximum Gasteiger partial charge on any atom is 0.233 e. The SMILES string of the molecule is CC1CCCCN1C(=O)CSc1nnc(-c2ccc(O)cc2)n1C. The van der Waals surface area contributed by atoms with E-state index in [1.54, 1.807) is 24.3 Å². The van der Waals surface area contributed by atoms with Gasteiger partial charge in [-0.2, -0.15) is 0 Å². The summed E-state index contributed by atoms with van der Waals surface area (Å²) in [5, 5.41) is 18.5. The number of aromatic nitrogens is 3. The van der Waals surface area contributed by atoms with Crippen molar-refractivity contribution in [3.8, 4) is 17.1 Å². The Kier molecular flexibility index (Phi) is 5.08. The lowest BCUT2D eigenvalue weighted by Gasteiger charge is -2.33. The fourth-order valence-electron chi connectivity index (χ4n) is 2.98. The van der Waals surface area contributed by atoms with Gasteiger partial charge in [0.25, 0.3) is 0 Å². The molecule has 0 radical (unpaired) electrons. The quantitative estimate of drug-likeness (QED) is 0.862. The molecular formula is C17H22N4O2S. The normalized spacial score (nSPS) is 17.9. The molecule has 1 aliphatic heterocycles. The first-order chi connectivity index (χ1) is 11.6. The number of hydrogen-bond acceptors (Lipinski definition) is 5. The Morgan fingerprint density at radius 1 is 1.29 bits per heavy atom. The van der Waals surface area contributed by atoms with Gasteiger partial charge in [0, 0.05) is 25.2 Å². The maximum absolute atomic E-state index is 12.4. The van der Waals surface area contributed by atoms with Crippen molar-refractivity contribution in [2.45, 2.75) is 37.4 Å². The second-order valence-corrected chi connectivity index (χ2v) is 7.08. The number of rotatable bonds is 4. The van der Waals surface area contributed by atoms with E-state index in [-0.39, 0.29) is 11.7 Å². The highest BCUT2D eigenvalue weighted by Crippen LogP contribution is 2.25. The minimum atomic E-state index is 0.168. The summed E-state index contributed by atoms with van der Waals surface area (Å²) in [6.07, 6.45) is 3.39. The molecular weight excluding hydrogens is 324 g/mol. The van der Waals surface area contributed by atoms with Crippen LogP contribution in [0.15, 0.2) is 29.4 Å². The third-order valence-corrected chi connectivity index (χ3v) is 5.41. The van der Waals surface area contributed by atoms with E-state index in [4.69, 9.17) is 0 Å². The Hall–Kier alpha value is -2.02. The average molecular weight is 346 g/mol. The number of nitrogens with zero attached hydrogens (tertiary/aromatic N) is 4. The minimum absolute atomic E-state index is 0.168. The number of carbonyl (C=O) groups is 1. The highest BCUT2D eigenvalue weighted by molar-refractivity contribution is 7.99. The van der Waals surface area contributed by atoms with Gasteiger partial charge in [-0.15, -0.1) is 10.2 Å². The van der Waals surface area contributed by atoms with E-state index < -0.39 is 0 Å². The Morgan fingerprint density at radius 3 is 2.75 bits per heavy atom. The molecule has 1 atom stereocenters. The molecule has 0 saturated carbocycles. The van der Waals surface area contributed by atoms with Crippen molar-refractivity contribution in [3.05, 3.63) is 24.3 Å². The molecule has 1 saturated heterocycles. The fraction of sp³-hybridized carbons (Fsp3) is 0.471. The molecule has 1 N–H and O–H groups in total. The van der Waals surface area contributed by atoms with E-state index >= 15 is 0 Å². The number of carbonyl (C=O) groups excluding carboxylic acids is 1. The standard InChI is InChI=1S/C17H22N4O2S/c1-12-5-3-4-10-21(12)15(23)11-24-17-19-18-16(20(17)2)13-6-8-14(22)9-7-13/h6-9,12,22H,3-5,10-11H2,1-2H3. The number of piperidine rings is 1. The molecule has 1 aromatic heterocycles. The topological polar surface area (TPSA) is 71.2 Å². The van der Waals surface area contributed by atoms with Gasteiger partial charge < -0.3 is 14.6 Å². The second-order valence-electron chi connectivity index (χ2n) is 6.13. The lowest BCUT2D eigenvalue weighted by atomic mass is 10.0. The molecule has 2 aromatic rings. The van der Waals surface area contributed by atoms with Gasteiger partial charge >= 0.3 is 0 Å². The number of hydrogen-bond donors (Lipinski definition) is 1. The summed E-state index contributed by atoms with van der Waals surface area (Å²) in [4.78, 5) is 14.4. The molecule has 128 valence electrons. The van der Waals surface area contributed by atoms with Crippen LogP contribution in [-0.4, -0.2) is 49.0 Å². The van der Waals surface area contributed by atoms with Crippen LogP contribution in [0, 0.1) is 0 Å². The van der Waals surface area contributed by atoms with Crippen molar-refractivity contribution in [2.24, 2.45) is 7.05 Å². The Balaban J connectivity index is 1.66. The number of thioether (sulfide) groups is 1. The molecule has 3 rings (SSSR count). The summed E-state index contributed by atoms with van der Waals surface area (Å²) in [5.74, 6) is 1.49. The smallest absolute Gasteiger partial charge is 0.233 e. The van der Waals surface area contributed by atoms with E-state index in [2.05, 4.69) is 17.1 Å². The van der Waals surface area contributed by atoms with Crippen molar-refractivity contribution in [1.29, 1.82) is 0 Å². The number of phenolic OH excluding ortho intramolecular Hbond substituents is 1. The summed E-state index contributed by atoms with van der Waals surface area (Å²) in [6.45, 7) is 2.98. The average Bonchev–Trinajstić information content (AvgIpc) is 2.95.